The molecular weight excluding hydrogens is 1100 g/mol. The second-order valence-electron chi connectivity index (χ2n) is 18.4. The molecule has 8 aromatic carbocycles. The molecule has 4 N–H and O–H groups in total. The molecule has 0 heterocycles. The van der Waals surface area contributed by atoms with Gasteiger partial charge in [-0.1, -0.05) is 287 Å². The fraction of sp³-hybridized carbons (Fsp3) is 0.316. The van der Waals surface area contributed by atoms with Crippen molar-refractivity contribution in [2.24, 2.45) is 0 Å². The Morgan fingerprint density at radius 3 is 0.386 bits per heavy atom. The maximum absolute atomic E-state index is 10.3. The normalized spacial score (nSPS) is 8.73. The van der Waals surface area contributed by atoms with E-state index >= 15 is 0 Å². The number of aryl methyl sites for hydroxylation is 8. The van der Waals surface area contributed by atoms with E-state index in [0.29, 0.717) is 26.4 Å². The fourth-order valence-electron chi connectivity index (χ4n) is 5.57. The summed E-state index contributed by atoms with van der Waals surface area (Å²) in [6.45, 7) is 24.6. The van der Waals surface area contributed by atoms with Gasteiger partial charge in [-0.3, -0.25) is 19.2 Å². The SMILES string of the molecule is CCOC(=O)CCO.CCOC(=O)CCO.CCOC(=O)CCO.CCOC(=O)CCO.Cc1ccccc1.Cc1ccccc1.Cc1ccccc1.Cc1ccccc1.Cc1ccccc1.Cc1ccccc1.Cc1ccccc1.Cc1ccccc1. The molecule has 0 aromatic heterocycles. The molecule has 88 heavy (non-hydrogen) atoms. The molecule has 0 aliphatic carbocycles. The van der Waals surface area contributed by atoms with Gasteiger partial charge in [-0.15, -0.1) is 0 Å². The Kier molecular flexibility index (Phi) is 66.0. The number of benzene rings is 8. The van der Waals surface area contributed by atoms with E-state index in [1.807, 2.05) is 146 Å². The van der Waals surface area contributed by atoms with Crippen molar-refractivity contribution >= 4 is 23.9 Å². The first kappa shape index (κ1) is 85.9. The molecule has 0 radical (unpaired) electrons. The highest BCUT2D eigenvalue weighted by Gasteiger charge is 1.98. The molecule has 0 amide bonds. The summed E-state index contributed by atoms with van der Waals surface area (Å²) in [7, 11) is 0. The van der Waals surface area contributed by atoms with E-state index < -0.39 is 0 Å². The number of hydrogen-bond acceptors (Lipinski definition) is 12. The Morgan fingerprint density at radius 1 is 0.227 bits per heavy atom. The van der Waals surface area contributed by atoms with Crippen LogP contribution in [0.3, 0.4) is 0 Å². The largest absolute Gasteiger partial charge is 0.466 e. The summed E-state index contributed by atoms with van der Waals surface area (Å²) in [5.41, 5.74) is 10.6. The van der Waals surface area contributed by atoms with Crippen LogP contribution >= 0.6 is 0 Å². The molecule has 0 fully saturated rings. The lowest BCUT2D eigenvalue weighted by Gasteiger charge is -1.96. The van der Waals surface area contributed by atoms with Gasteiger partial charge >= 0.3 is 23.9 Å². The van der Waals surface area contributed by atoms with Crippen molar-refractivity contribution in [2.75, 3.05) is 52.9 Å². The lowest BCUT2D eigenvalue weighted by molar-refractivity contribution is -0.144. The Morgan fingerprint density at radius 2 is 0.330 bits per heavy atom. The zero-order chi connectivity index (χ0) is 66.5. The third-order valence-corrected chi connectivity index (χ3v) is 10.0. The Bertz CT molecular complexity index is 2120. The van der Waals surface area contributed by atoms with E-state index in [1.54, 1.807) is 27.7 Å². The fourth-order valence-corrected chi connectivity index (χ4v) is 5.57. The molecule has 0 spiro atoms. The number of carbonyl (C=O) groups is 4. The summed E-state index contributed by atoms with van der Waals surface area (Å²) in [6, 6.07) is 82.1. The molecule has 12 nitrogen and oxygen atoms in total. The summed E-state index contributed by atoms with van der Waals surface area (Å²) in [4.78, 5) is 41.0. The van der Waals surface area contributed by atoms with Gasteiger partial charge in [-0.2, -0.15) is 0 Å². The third-order valence-electron chi connectivity index (χ3n) is 10.0. The number of carbonyl (C=O) groups excluding carboxylic acids is 4. The molecule has 8 aromatic rings. The van der Waals surface area contributed by atoms with Gasteiger partial charge in [0.25, 0.3) is 0 Å². The predicted octanol–water partition coefficient (Wildman–Crippen LogP) is 15.7. The molecule has 0 unspecified atom stereocenters. The standard InChI is InChI=1S/8C7H8.4C5H10O3/c8*1-7-5-3-2-4-6-7;4*1-2-8-5(7)3-4-6/h8*2-6H,1H3;4*6H,2-4H2,1H3. The Labute approximate surface area is 528 Å². The van der Waals surface area contributed by atoms with Crippen molar-refractivity contribution in [2.45, 2.75) is 109 Å². The summed E-state index contributed by atoms with van der Waals surface area (Å²) in [5, 5.41) is 32.6. The van der Waals surface area contributed by atoms with Gasteiger partial charge in [0.15, 0.2) is 0 Å². The molecule has 0 aliphatic rings. The Hall–Kier alpha value is -8.52. The minimum Gasteiger partial charge on any atom is -0.466 e. The van der Waals surface area contributed by atoms with Crippen LogP contribution in [0, 0.1) is 55.4 Å². The molecule has 0 aliphatic heterocycles. The van der Waals surface area contributed by atoms with Crippen molar-refractivity contribution in [3.8, 4) is 0 Å². The first-order valence-electron chi connectivity index (χ1n) is 29.6. The highest BCUT2D eigenvalue weighted by atomic mass is 16.5. The van der Waals surface area contributed by atoms with Crippen LogP contribution in [0.4, 0.5) is 0 Å². The minimum atomic E-state index is -0.338. The van der Waals surface area contributed by atoms with Crippen LogP contribution < -0.4 is 0 Å². The summed E-state index contributed by atoms with van der Waals surface area (Å²) < 4.78 is 17.9. The van der Waals surface area contributed by atoms with Gasteiger partial charge in [-0.25, -0.2) is 0 Å². The van der Waals surface area contributed by atoms with Gasteiger partial charge in [0.05, 0.1) is 78.5 Å². The zero-order valence-electron chi connectivity index (χ0n) is 54.6. The monoisotopic (exact) mass is 1210 g/mol. The molecular formula is C76H104O12. The molecule has 12 heteroatoms. The van der Waals surface area contributed by atoms with Gasteiger partial charge in [0, 0.05) is 0 Å². The van der Waals surface area contributed by atoms with E-state index in [1.165, 1.54) is 44.5 Å². The maximum atomic E-state index is 10.3. The van der Waals surface area contributed by atoms with Crippen LogP contribution in [-0.2, 0) is 38.1 Å². The van der Waals surface area contributed by atoms with E-state index in [2.05, 4.69) is 171 Å². The predicted molar refractivity (Wildman–Crippen MR) is 363 cm³/mol. The van der Waals surface area contributed by atoms with Gasteiger partial charge < -0.3 is 39.4 Å². The maximum Gasteiger partial charge on any atom is 0.308 e. The first-order chi connectivity index (χ1) is 42.4. The summed E-state index contributed by atoms with van der Waals surface area (Å²) >= 11 is 0. The average Bonchev–Trinajstić information content (AvgIpc) is 3.51. The van der Waals surface area contributed by atoms with Crippen molar-refractivity contribution in [3.05, 3.63) is 287 Å². The van der Waals surface area contributed by atoms with Crippen LogP contribution in [0.15, 0.2) is 243 Å². The quantitative estimate of drug-likeness (QED) is 0.0671. The number of esters is 4. The van der Waals surface area contributed by atoms with Crippen molar-refractivity contribution in [1.82, 2.24) is 0 Å². The van der Waals surface area contributed by atoms with Gasteiger partial charge in [-0.05, 0) is 83.1 Å². The summed E-state index contributed by atoms with van der Waals surface area (Å²) in [6.07, 6.45) is 0.420. The second-order valence-corrected chi connectivity index (χ2v) is 18.4. The zero-order valence-corrected chi connectivity index (χ0v) is 54.6. The Balaban J connectivity index is -0.000000437. The van der Waals surface area contributed by atoms with E-state index in [9.17, 15) is 19.2 Å². The number of aliphatic hydroxyl groups excluding tert-OH is 4. The van der Waals surface area contributed by atoms with Gasteiger partial charge in [0.2, 0.25) is 0 Å². The highest BCUT2D eigenvalue weighted by molar-refractivity contribution is 5.70. The van der Waals surface area contributed by atoms with E-state index in [0.717, 1.165) is 0 Å². The van der Waals surface area contributed by atoms with E-state index in [4.69, 9.17) is 20.4 Å². The topological polar surface area (TPSA) is 186 Å². The minimum absolute atomic E-state index is 0.105. The van der Waals surface area contributed by atoms with Crippen molar-refractivity contribution < 1.29 is 58.6 Å². The molecule has 480 valence electrons. The average molecular weight is 1210 g/mol. The van der Waals surface area contributed by atoms with Crippen LogP contribution in [0.2, 0.25) is 0 Å². The summed E-state index contributed by atoms with van der Waals surface area (Å²) in [5.74, 6) is -1.35. The molecule has 0 bridgehead atoms. The highest BCUT2D eigenvalue weighted by Crippen LogP contribution is 1.97. The first-order valence-corrected chi connectivity index (χ1v) is 29.6. The lowest BCUT2D eigenvalue weighted by atomic mass is 10.2. The molecule has 0 saturated heterocycles. The van der Waals surface area contributed by atoms with Crippen LogP contribution in [0.5, 0.6) is 0 Å². The van der Waals surface area contributed by atoms with Crippen molar-refractivity contribution in [3.63, 3.8) is 0 Å². The second kappa shape index (κ2) is 67.6. The number of rotatable bonds is 12. The van der Waals surface area contributed by atoms with Gasteiger partial charge in [0.1, 0.15) is 0 Å². The van der Waals surface area contributed by atoms with Crippen LogP contribution in [0.25, 0.3) is 0 Å². The molecule has 8 rings (SSSR count). The van der Waals surface area contributed by atoms with Crippen molar-refractivity contribution in [1.29, 1.82) is 0 Å². The van der Waals surface area contributed by atoms with E-state index in [-0.39, 0.29) is 76.0 Å². The lowest BCUT2D eigenvalue weighted by Crippen LogP contribution is -2.05. The number of aliphatic hydroxyl groups is 4. The number of ether oxygens (including phenoxy) is 4. The molecule has 0 saturated carbocycles. The van der Waals surface area contributed by atoms with Crippen LogP contribution in [-0.4, -0.2) is 97.2 Å². The van der Waals surface area contributed by atoms with Crippen LogP contribution in [0.1, 0.15) is 97.9 Å². The molecule has 0 atom stereocenters. The smallest absolute Gasteiger partial charge is 0.308 e. The third kappa shape index (κ3) is 71.7. The number of hydrogen-bond donors (Lipinski definition) is 4.